The summed E-state index contributed by atoms with van der Waals surface area (Å²) in [6.07, 6.45) is 5.43. The molecule has 1 N–H and O–H groups in total. The molecular formula is C16H27N3O2. The standard InChI is InChI=1S/C16H27N3O2/c1-4-10-19(13-6-5-8-17-11-13)12-14-16(21-3)15(20-2)7-9-18-14/h7,9,13,17H,4-6,8,10-12H2,1-3H3. The van der Waals surface area contributed by atoms with Crippen LogP contribution in [0.2, 0.25) is 0 Å². The van der Waals surface area contributed by atoms with Gasteiger partial charge in [-0.3, -0.25) is 9.88 Å². The fourth-order valence-corrected chi connectivity index (χ4v) is 2.98. The molecule has 0 aliphatic carbocycles. The third-order valence-corrected chi connectivity index (χ3v) is 4.02. The lowest BCUT2D eigenvalue weighted by molar-refractivity contribution is 0.154. The fourth-order valence-electron chi connectivity index (χ4n) is 2.98. The van der Waals surface area contributed by atoms with Gasteiger partial charge in [-0.2, -0.15) is 0 Å². The van der Waals surface area contributed by atoms with Crippen LogP contribution in [0.25, 0.3) is 0 Å². The lowest BCUT2D eigenvalue weighted by atomic mass is 10.1. The van der Waals surface area contributed by atoms with Crippen molar-refractivity contribution < 1.29 is 9.47 Å². The highest BCUT2D eigenvalue weighted by molar-refractivity contribution is 5.42. The summed E-state index contributed by atoms with van der Waals surface area (Å²) >= 11 is 0. The van der Waals surface area contributed by atoms with E-state index in [9.17, 15) is 0 Å². The largest absolute Gasteiger partial charge is 0.493 e. The molecule has 0 saturated carbocycles. The first-order chi connectivity index (χ1) is 10.3. The second-order valence-electron chi connectivity index (χ2n) is 5.46. The molecule has 1 atom stereocenters. The van der Waals surface area contributed by atoms with Gasteiger partial charge in [-0.05, 0) is 32.4 Å². The summed E-state index contributed by atoms with van der Waals surface area (Å²) in [5.74, 6) is 1.51. The molecule has 2 rings (SSSR count). The monoisotopic (exact) mass is 293 g/mol. The molecule has 5 nitrogen and oxygen atoms in total. The third kappa shape index (κ3) is 4.08. The normalized spacial score (nSPS) is 18.8. The van der Waals surface area contributed by atoms with Gasteiger partial charge >= 0.3 is 0 Å². The summed E-state index contributed by atoms with van der Waals surface area (Å²) in [6.45, 7) is 6.30. The Morgan fingerprint density at radius 3 is 2.86 bits per heavy atom. The van der Waals surface area contributed by atoms with E-state index in [0.717, 1.165) is 49.8 Å². The van der Waals surface area contributed by atoms with Crippen LogP contribution in [0, 0.1) is 0 Å². The number of pyridine rings is 1. The Hall–Kier alpha value is -1.33. The van der Waals surface area contributed by atoms with Crippen LogP contribution >= 0.6 is 0 Å². The molecule has 1 saturated heterocycles. The zero-order valence-corrected chi connectivity index (χ0v) is 13.4. The molecule has 1 aromatic heterocycles. The van der Waals surface area contributed by atoms with Gasteiger partial charge in [-0.25, -0.2) is 0 Å². The molecule has 1 fully saturated rings. The van der Waals surface area contributed by atoms with Crippen LogP contribution < -0.4 is 14.8 Å². The first-order valence-corrected chi connectivity index (χ1v) is 7.80. The van der Waals surface area contributed by atoms with E-state index in [4.69, 9.17) is 9.47 Å². The summed E-state index contributed by atoms with van der Waals surface area (Å²) in [6, 6.07) is 2.42. The van der Waals surface area contributed by atoms with Crippen LogP contribution in [0.4, 0.5) is 0 Å². The van der Waals surface area contributed by atoms with Crippen LogP contribution in [0.15, 0.2) is 12.3 Å². The van der Waals surface area contributed by atoms with Gasteiger partial charge in [0, 0.05) is 31.4 Å². The summed E-state index contributed by atoms with van der Waals surface area (Å²) in [4.78, 5) is 7.02. The highest BCUT2D eigenvalue weighted by Crippen LogP contribution is 2.30. The Labute approximate surface area is 127 Å². The molecule has 0 radical (unpaired) electrons. The van der Waals surface area contributed by atoms with E-state index in [1.165, 1.54) is 12.8 Å². The van der Waals surface area contributed by atoms with Crippen molar-refractivity contribution in [2.24, 2.45) is 0 Å². The summed E-state index contributed by atoms with van der Waals surface area (Å²) in [5, 5.41) is 3.49. The molecule has 0 bridgehead atoms. The molecule has 0 aromatic carbocycles. The minimum atomic E-state index is 0.580. The smallest absolute Gasteiger partial charge is 0.183 e. The van der Waals surface area contributed by atoms with E-state index in [0.29, 0.717) is 6.04 Å². The van der Waals surface area contributed by atoms with Gasteiger partial charge in [0.25, 0.3) is 0 Å². The van der Waals surface area contributed by atoms with Crippen molar-refractivity contribution in [1.82, 2.24) is 15.2 Å². The van der Waals surface area contributed by atoms with Crippen molar-refractivity contribution in [2.75, 3.05) is 33.9 Å². The molecule has 2 heterocycles. The van der Waals surface area contributed by atoms with Gasteiger partial charge in [-0.15, -0.1) is 0 Å². The Morgan fingerprint density at radius 1 is 1.38 bits per heavy atom. The summed E-state index contributed by atoms with van der Waals surface area (Å²) in [7, 11) is 3.34. The Kier molecular flexibility index (Phi) is 6.26. The molecule has 118 valence electrons. The predicted molar refractivity (Wildman–Crippen MR) is 83.9 cm³/mol. The maximum atomic E-state index is 5.50. The first kappa shape index (κ1) is 16.0. The number of ether oxygens (including phenoxy) is 2. The van der Waals surface area contributed by atoms with Crippen LogP contribution in [0.5, 0.6) is 11.5 Å². The zero-order chi connectivity index (χ0) is 15.1. The van der Waals surface area contributed by atoms with Crippen molar-refractivity contribution >= 4 is 0 Å². The number of hydrogen-bond donors (Lipinski definition) is 1. The lowest BCUT2D eigenvalue weighted by Gasteiger charge is -2.34. The van der Waals surface area contributed by atoms with Crippen molar-refractivity contribution in [3.05, 3.63) is 18.0 Å². The predicted octanol–water partition coefficient (Wildman–Crippen LogP) is 2.06. The molecule has 1 aliphatic rings. The highest BCUT2D eigenvalue weighted by atomic mass is 16.5. The molecule has 5 heteroatoms. The van der Waals surface area contributed by atoms with Crippen molar-refractivity contribution in [3.8, 4) is 11.5 Å². The van der Waals surface area contributed by atoms with E-state index in [1.807, 2.05) is 6.07 Å². The average Bonchev–Trinajstić information content (AvgIpc) is 2.55. The van der Waals surface area contributed by atoms with Crippen LogP contribution in [0.3, 0.4) is 0 Å². The quantitative estimate of drug-likeness (QED) is 0.834. The number of nitrogens with zero attached hydrogens (tertiary/aromatic N) is 2. The molecule has 0 amide bonds. The summed E-state index contributed by atoms with van der Waals surface area (Å²) in [5.41, 5.74) is 0.955. The van der Waals surface area contributed by atoms with Crippen LogP contribution in [0.1, 0.15) is 31.9 Å². The van der Waals surface area contributed by atoms with Crippen LogP contribution in [-0.4, -0.2) is 49.8 Å². The maximum absolute atomic E-state index is 5.50. The number of rotatable bonds is 7. The third-order valence-electron chi connectivity index (χ3n) is 4.02. The summed E-state index contributed by atoms with van der Waals surface area (Å²) < 4.78 is 10.9. The first-order valence-electron chi connectivity index (χ1n) is 7.80. The van der Waals surface area contributed by atoms with E-state index in [-0.39, 0.29) is 0 Å². The van der Waals surface area contributed by atoms with Gasteiger partial charge in [-0.1, -0.05) is 6.92 Å². The topological polar surface area (TPSA) is 46.6 Å². The Morgan fingerprint density at radius 2 is 2.24 bits per heavy atom. The van der Waals surface area contributed by atoms with E-state index < -0.39 is 0 Å². The van der Waals surface area contributed by atoms with Gasteiger partial charge < -0.3 is 14.8 Å². The van der Waals surface area contributed by atoms with Crippen molar-refractivity contribution in [1.29, 1.82) is 0 Å². The van der Waals surface area contributed by atoms with E-state index in [1.54, 1.807) is 20.4 Å². The molecule has 1 aliphatic heterocycles. The number of methoxy groups -OCH3 is 2. The van der Waals surface area contributed by atoms with Crippen LogP contribution in [-0.2, 0) is 6.54 Å². The Bertz CT molecular complexity index is 434. The van der Waals surface area contributed by atoms with E-state index in [2.05, 4.69) is 22.1 Å². The van der Waals surface area contributed by atoms with Gasteiger partial charge in [0.1, 0.15) is 5.69 Å². The minimum absolute atomic E-state index is 0.580. The van der Waals surface area contributed by atoms with Gasteiger partial charge in [0.2, 0.25) is 0 Å². The number of piperidine rings is 1. The molecule has 1 unspecified atom stereocenters. The Balaban J connectivity index is 2.15. The van der Waals surface area contributed by atoms with Crippen molar-refractivity contribution in [2.45, 2.75) is 38.8 Å². The maximum Gasteiger partial charge on any atom is 0.183 e. The zero-order valence-electron chi connectivity index (χ0n) is 13.4. The van der Waals surface area contributed by atoms with Gasteiger partial charge in [0.05, 0.1) is 14.2 Å². The number of hydrogen-bond acceptors (Lipinski definition) is 5. The average molecular weight is 293 g/mol. The molecular weight excluding hydrogens is 266 g/mol. The van der Waals surface area contributed by atoms with Crippen molar-refractivity contribution in [3.63, 3.8) is 0 Å². The van der Waals surface area contributed by atoms with Gasteiger partial charge in [0.15, 0.2) is 11.5 Å². The fraction of sp³-hybridized carbons (Fsp3) is 0.688. The molecule has 21 heavy (non-hydrogen) atoms. The molecule has 0 spiro atoms. The number of aromatic nitrogens is 1. The molecule has 1 aromatic rings. The number of nitrogens with one attached hydrogen (secondary N) is 1. The lowest BCUT2D eigenvalue weighted by Crippen LogP contribution is -2.46. The highest BCUT2D eigenvalue weighted by Gasteiger charge is 2.22. The minimum Gasteiger partial charge on any atom is -0.493 e. The second kappa shape index (κ2) is 8.20. The SMILES string of the molecule is CCCN(Cc1nccc(OC)c1OC)C1CCCNC1. The van der Waals surface area contributed by atoms with E-state index >= 15 is 0 Å². The second-order valence-corrected chi connectivity index (χ2v) is 5.46.